The Hall–Kier alpha value is -0.675. The zero-order valence-electron chi connectivity index (χ0n) is 5.20. The Morgan fingerprint density at radius 1 is 1.78 bits per heavy atom. The average molecular weight is 128 g/mol. The molecule has 0 aliphatic rings. The van der Waals surface area contributed by atoms with E-state index < -0.39 is 7.12 Å². The SMILES string of the molecule is CN=CCC(=N)B(O)O. The Bertz CT molecular complexity index is 124. The van der Waals surface area contributed by atoms with Gasteiger partial charge in [0.15, 0.2) is 0 Å². The van der Waals surface area contributed by atoms with Crippen molar-refractivity contribution < 1.29 is 10.0 Å². The molecule has 0 radical (unpaired) electrons. The van der Waals surface area contributed by atoms with E-state index in [1.807, 2.05) is 0 Å². The van der Waals surface area contributed by atoms with E-state index in [0.717, 1.165) is 0 Å². The largest absolute Gasteiger partial charge is 0.503 e. The number of rotatable bonds is 3. The molecule has 5 heteroatoms. The topological polar surface area (TPSA) is 76.7 Å². The average Bonchev–Trinajstić information content (AvgIpc) is 1.82. The predicted molar refractivity (Wildman–Crippen MR) is 37.0 cm³/mol. The molecule has 0 unspecified atom stereocenters. The predicted octanol–water partition coefficient (Wildman–Crippen LogP) is -0.891. The molecule has 0 aromatic rings. The Morgan fingerprint density at radius 2 is 2.33 bits per heavy atom. The first-order chi connectivity index (χ1) is 4.18. The highest BCUT2D eigenvalue weighted by Gasteiger charge is 2.12. The fourth-order valence-corrected chi connectivity index (χ4v) is 0.295. The van der Waals surface area contributed by atoms with E-state index in [1.54, 1.807) is 7.05 Å². The van der Waals surface area contributed by atoms with Gasteiger partial charge in [-0.1, -0.05) is 0 Å². The van der Waals surface area contributed by atoms with Crippen molar-refractivity contribution in [2.75, 3.05) is 7.05 Å². The van der Waals surface area contributed by atoms with E-state index >= 15 is 0 Å². The molecule has 0 spiro atoms. The second-order valence-electron chi connectivity index (χ2n) is 1.54. The molecule has 3 N–H and O–H groups in total. The van der Waals surface area contributed by atoms with E-state index in [-0.39, 0.29) is 12.0 Å². The lowest BCUT2D eigenvalue weighted by molar-refractivity contribution is 0.429. The molecule has 0 aliphatic heterocycles. The normalized spacial score (nSPS) is 10.1. The molecule has 4 nitrogen and oxygen atoms in total. The fourth-order valence-electron chi connectivity index (χ4n) is 0.295. The van der Waals surface area contributed by atoms with Crippen molar-refractivity contribution in [2.45, 2.75) is 6.42 Å². The van der Waals surface area contributed by atoms with Gasteiger partial charge in [-0.15, -0.1) is 0 Å². The van der Waals surface area contributed by atoms with Crippen LogP contribution in [0.15, 0.2) is 4.99 Å². The molecule has 0 aromatic carbocycles. The Morgan fingerprint density at radius 3 is 2.67 bits per heavy atom. The lowest BCUT2D eigenvalue weighted by Crippen LogP contribution is -2.24. The fraction of sp³-hybridized carbons (Fsp3) is 0.500. The number of aliphatic imine (C=N–C) groups is 1. The minimum atomic E-state index is -1.64. The molecule has 0 heterocycles. The van der Waals surface area contributed by atoms with Crippen LogP contribution in [0.3, 0.4) is 0 Å². The molecule has 0 aliphatic carbocycles. The summed E-state index contributed by atoms with van der Waals surface area (Å²) >= 11 is 0. The van der Waals surface area contributed by atoms with Gasteiger partial charge in [0.25, 0.3) is 0 Å². The molecule has 0 saturated heterocycles. The van der Waals surface area contributed by atoms with Crippen molar-refractivity contribution in [2.24, 2.45) is 4.99 Å². The zero-order valence-corrected chi connectivity index (χ0v) is 5.20. The lowest BCUT2D eigenvalue weighted by Gasteiger charge is -1.94. The van der Waals surface area contributed by atoms with Gasteiger partial charge in [0.1, 0.15) is 0 Å². The molecule has 0 aromatic heterocycles. The van der Waals surface area contributed by atoms with Crippen molar-refractivity contribution in [3.05, 3.63) is 0 Å². The minimum Gasteiger partial charge on any atom is -0.422 e. The zero-order chi connectivity index (χ0) is 7.28. The number of hydrogen-bond acceptors (Lipinski definition) is 4. The maximum Gasteiger partial charge on any atom is 0.503 e. The third-order valence-electron chi connectivity index (χ3n) is 0.805. The Balaban J connectivity index is 3.51. The van der Waals surface area contributed by atoms with Gasteiger partial charge in [-0.05, 0) is 0 Å². The summed E-state index contributed by atoms with van der Waals surface area (Å²) in [7, 11) is -0.0696. The first-order valence-corrected chi connectivity index (χ1v) is 2.52. The van der Waals surface area contributed by atoms with E-state index in [1.165, 1.54) is 6.21 Å². The van der Waals surface area contributed by atoms with Crippen LogP contribution in [0, 0.1) is 5.41 Å². The number of hydrogen-bond donors (Lipinski definition) is 3. The van der Waals surface area contributed by atoms with Crippen LogP contribution in [0.2, 0.25) is 0 Å². The summed E-state index contributed by atoms with van der Waals surface area (Å²) in [5.41, 5.74) is -0.138. The van der Waals surface area contributed by atoms with Gasteiger partial charge in [0, 0.05) is 25.3 Å². The van der Waals surface area contributed by atoms with Crippen LogP contribution in [0.5, 0.6) is 0 Å². The maximum atomic E-state index is 8.32. The number of nitrogens with one attached hydrogen (secondary N) is 1. The van der Waals surface area contributed by atoms with E-state index in [2.05, 4.69) is 4.99 Å². The lowest BCUT2D eigenvalue weighted by atomic mass is 9.82. The van der Waals surface area contributed by atoms with Gasteiger partial charge in [0.2, 0.25) is 0 Å². The molecule has 0 saturated carbocycles. The first-order valence-electron chi connectivity index (χ1n) is 2.52. The Labute approximate surface area is 53.9 Å². The quantitative estimate of drug-likeness (QED) is 0.340. The van der Waals surface area contributed by atoms with Crippen LogP contribution in [0.25, 0.3) is 0 Å². The van der Waals surface area contributed by atoms with Crippen molar-refractivity contribution in [1.82, 2.24) is 0 Å². The summed E-state index contributed by atoms with van der Waals surface area (Å²) in [4.78, 5) is 3.57. The van der Waals surface area contributed by atoms with Crippen LogP contribution in [0.1, 0.15) is 6.42 Å². The van der Waals surface area contributed by atoms with E-state index in [9.17, 15) is 0 Å². The van der Waals surface area contributed by atoms with Gasteiger partial charge in [-0.3, -0.25) is 0 Å². The molecule has 0 rings (SSSR count). The van der Waals surface area contributed by atoms with Crippen LogP contribution >= 0.6 is 0 Å². The molecule has 0 atom stereocenters. The molecule has 0 bridgehead atoms. The van der Waals surface area contributed by atoms with Crippen molar-refractivity contribution in [3.8, 4) is 0 Å². The van der Waals surface area contributed by atoms with Gasteiger partial charge < -0.3 is 20.4 Å². The second kappa shape index (κ2) is 4.23. The molecule has 50 valence electrons. The summed E-state index contributed by atoms with van der Waals surface area (Å²) < 4.78 is 0. The van der Waals surface area contributed by atoms with Gasteiger partial charge in [0.05, 0.1) is 0 Å². The molecular formula is C4H9BN2O2. The van der Waals surface area contributed by atoms with Crippen molar-refractivity contribution in [1.29, 1.82) is 5.41 Å². The van der Waals surface area contributed by atoms with E-state index in [0.29, 0.717) is 0 Å². The summed E-state index contributed by atoms with van der Waals surface area (Å²) in [5.74, 6) is 0. The molecule has 9 heavy (non-hydrogen) atoms. The second-order valence-corrected chi connectivity index (χ2v) is 1.54. The highest BCUT2D eigenvalue weighted by atomic mass is 16.4. The standard InChI is InChI=1S/C4H9BN2O2/c1-7-3-2-4(6)5(8)9/h3,6,8-9H,2H2,1H3. The molecule has 0 fully saturated rings. The Kier molecular flexibility index (Phi) is 3.91. The maximum absolute atomic E-state index is 8.32. The van der Waals surface area contributed by atoms with Crippen LogP contribution in [0.4, 0.5) is 0 Å². The summed E-state index contributed by atoms with van der Waals surface area (Å²) in [5, 5.41) is 23.5. The van der Waals surface area contributed by atoms with Gasteiger partial charge in [-0.25, -0.2) is 0 Å². The van der Waals surface area contributed by atoms with Gasteiger partial charge in [-0.2, -0.15) is 0 Å². The van der Waals surface area contributed by atoms with Crippen LogP contribution < -0.4 is 0 Å². The van der Waals surface area contributed by atoms with E-state index in [4.69, 9.17) is 15.5 Å². The van der Waals surface area contributed by atoms with Crippen molar-refractivity contribution in [3.63, 3.8) is 0 Å². The molecule has 0 amide bonds. The smallest absolute Gasteiger partial charge is 0.422 e. The molecular weight excluding hydrogens is 119 g/mol. The third kappa shape index (κ3) is 3.87. The number of nitrogens with zero attached hydrogens (tertiary/aromatic N) is 1. The minimum absolute atomic E-state index is 0.138. The summed E-state index contributed by atoms with van der Waals surface area (Å²) in [6.45, 7) is 0. The summed E-state index contributed by atoms with van der Waals surface area (Å²) in [6.07, 6.45) is 1.65. The first kappa shape index (κ1) is 8.32. The van der Waals surface area contributed by atoms with Crippen LogP contribution in [-0.2, 0) is 0 Å². The van der Waals surface area contributed by atoms with Crippen molar-refractivity contribution >= 4 is 18.9 Å². The van der Waals surface area contributed by atoms with Gasteiger partial charge >= 0.3 is 7.12 Å². The highest BCUT2D eigenvalue weighted by Crippen LogP contribution is 1.80. The highest BCUT2D eigenvalue weighted by molar-refractivity contribution is 6.80. The monoisotopic (exact) mass is 128 g/mol. The van der Waals surface area contributed by atoms with Crippen LogP contribution in [-0.4, -0.2) is 36.0 Å². The summed E-state index contributed by atoms with van der Waals surface area (Å²) in [6, 6.07) is 0. The third-order valence-corrected chi connectivity index (χ3v) is 0.805.